The number of anilines is 2. The summed E-state index contributed by atoms with van der Waals surface area (Å²) in [6, 6.07) is 8.14. The number of aliphatic hydroxyl groups excluding tert-OH is 1. The van der Waals surface area contributed by atoms with Crippen LogP contribution in [0.1, 0.15) is 25.2 Å². The second kappa shape index (κ2) is 7.31. The largest absolute Gasteiger partial charge is 0.460 e. The minimum atomic E-state index is -4.42. The Bertz CT molecular complexity index is 1260. The van der Waals surface area contributed by atoms with Gasteiger partial charge in [-0.15, -0.1) is 0 Å². The number of hydrogen-bond acceptors (Lipinski definition) is 7. The Morgan fingerprint density at radius 3 is 2.63 bits per heavy atom. The van der Waals surface area contributed by atoms with Gasteiger partial charge in [0, 0.05) is 30.4 Å². The van der Waals surface area contributed by atoms with E-state index in [-0.39, 0.29) is 16.4 Å². The highest BCUT2D eigenvalue weighted by Gasteiger charge is 2.26. The van der Waals surface area contributed by atoms with Crippen molar-refractivity contribution in [3.8, 4) is 5.75 Å². The van der Waals surface area contributed by atoms with E-state index in [9.17, 15) is 18.1 Å². The second-order valence-electron chi connectivity index (χ2n) is 6.93. The van der Waals surface area contributed by atoms with Gasteiger partial charge in [-0.1, -0.05) is 0 Å². The topological polar surface area (TPSA) is 142 Å². The monoisotopic (exact) mass is 430 g/mol. The molecule has 2 aromatic carbocycles. The average Bonchev–Trinajstić information content (AvgIpc) is 3.12. The van der Waals surface area contributed by atoms with Crippen molar-refractivity contribution in [1.29, 1.82) is 0 Å². The molecule has 158 valence electrons. The molecule has 0 saturated heterocycles. The normalized spacial score (nSPS) is 16.1. The van der Waals surface area contributed by atoms with Gasteiger partial charge in [-0.05, 0) is 44.2 Å². The molecule has 5 N–H and O–H groups in total. The smallest absolute Gasteiger partial charge is 0.294 e. The molecule has 1 unspecified atom stereocenters. The first kappa shape index (κ1) is 20.2. The molecule has 1 atom stereocenters. The van der Waals surface area contributed by atoms with E-state index in [1.807, 2.05) is 18.2 Å². The molecular formula is C20H22N4O5S. The zero-order valence-electron chi connectivity index (χ0n) is 16.5. The quantitative estimate of drug-likeness (QED) is 0.357. The zero-order valence-corrected chi connectivity index (χ0v) is 17.3. The minimum absolute atomic E-state index is 0.0821. The SMILES string of the molecule is CCN(CC)c1ccc2c(c1)OC(O)C(c1nc3c(N)cc(S(=O)(=O)O)cc3[nH]1)=C2. The Morgan fingerprint density at radius 2 is 1.97 bits per heavy atom. The van der Waals surface area contributed by atoms with Crippen molar-refractivity contribution in [2.24, 2.45) is 0 Å². The molecule has 1 aliphatic heterocycles. The molecule has 0 radical (unpaired) electrons. The summed E-state index contributed by atoms with van der Waals surface area (Å²) in [5.41, 5.74) is 8.78. The van der Waals surface area contributed by atoms with Crippen LogP contribution < -0.4 is 15.4 Å². The fourth-order valence-electron chi connectivity index (χ4n) is 3.54. The van der Waals surface area contributed by atoms with Crippen LogP contribution in [0, 0.1) is 0 Å². The molecule has 0 amide bonds. The maximum absolute atomic E-state index is 11.4. The van der Waals surface area contributed by atoms with Gasteiger partial charge in [-0.2, -0.15) is 8.42 Å². The van der Waals surface area contributed by atoms with E-state index >= 15 is 0 Å². The first-order valence-electron chi connectivity index (χ1n) is 9.43. The number of nitrogens with zero attached hydrogens (tertiary/aromatic N) is 2. The third kappa shape index (κ3) is 3.49. The number of nitrogens with one attached hydrogen (secondary N) is 1. The highest BCUT2D eigenvalue weighted by molar-refractivity contribution is 7.85. The molecule has 3 aromatic rings. The highest BCUT2D eigenvalue weighted by atomic mass is 32.2. The van der Waals surface area contributed by atoms with E-state index in [0.717, 1.165) is 30.4 Å². The number of nitrogens with two attached hydrogens (primary N) is 1. The molecule has 30 heavy (non-hydrogen) atoms. The van der Waals surface area contributed by atoms with Gasteiger partial charge in [-0.25, -0.2) is 4.98 Å². The van der Waals surface area contributed by atoms with Crippen LogP contribution in [0.4, 0.5) is 11.4 Å². The van der Waals surface area contributed by atoms with Gasteiger partial charge in [0.1, 0.15) is 17.1 Å². The second-order valence-corrected chi connectivity index (χ2v) is 8.35. The number of rotatable bonds is 5. The Labute approximate surface area is 173 Å². The van der Waals surface area contributed by atoms with Crippen molar-refractivity contribution >= 4 is 44.2 Å². The van der Waals surface area contributed by atoms with Gasteiger partial charge in [0.25, 0.3) is 10.1 Å². The third-order valence-electron chi connectivity index (χ3n) is 5.10. The maximum Gasteiger partial charge on any atom is 0.294 e. The van der Waals surface area contributed by atoms with Crippen molar-refractivity contribution in [2.45, 2.75) is 25.0 Å². The molecule has 0 aliphatic carbocycles. The van der Waals surface area contributed by atoms with Gasteiger partial charge >= 0.3 is 0 Å². The first-order chi connectivity index (χ1) is 14.2. The number of imidazole rings is 1. The Kier molecular flexibility index (Phi) is 4.92. The number of hydrogen-bond donors (Lipinski definition) is 4. The lowest BCUT2D eigenvalue weighted by molar-refractivity contribution is 0.0316. The Balaban J connectivity index is 1.77. The molecule has 0 spiro atoms. The standard InChI is InChI=1S/C20H22N4O5S/c1-3-24(4-2)12-6-5-11-7-14(20(25)29-17(11)8-12)19-22-16-10-13(30(26,27)28)9-15(21)18(16)23-19/h5-10,20,25H,3-4,21H2,1-2H3,(H,22,23)(H,26,27,28). The Hall–Kier alpha value is -3.08. The summed E-state index contributed by atoms with van der Waals surface area (Å²) >= 11 is 0. The summed E-state index contributed by atoms with van der Waals surface area (Å²) in [6.07, 6.45) is 0.486. The summed E-state index contributed by atoms with van der Waals surface area (Å²) in [6.45, 7) is 5.84. The number of benzene rings is 2. The summed E-state index contributed by atoms with van der Waals surface area (Å²) in [5, 5.41) is 10.6. The fourth-order valence-corrected chi connectivity index (χ4v) is 4.08. The predicted molar refractivity (Wildman–Crippen MR) is 115 cm³/mol. The molecule has 0 fully saturated rings. The van der Waals surface area contributed by atoms with Crippen molar-refractivity contribution in [3.63, 3.8) is 0 Å². The zero-order chi connectivity index (χ0) is 21.6. The Morgan fingerprint density at radius 1 is 1.23 bits per heavy atom. The van der Waals surface area contributed by atoms with Gasteiger partial charge < -0.3 is 25.5 Å². The van der Waals surface area contributed by atoms with Crippen LogP contribution in [0.5, 0.6) is 5.75 Å². The molecule has 2 heterocycles. The lowest BCUT2D eigenvalue weighted by atomic mass is 10.0. The van der Waals surface area contributed by atoms with Crippen LogP contribution in [0.3, 0.4) is 0 Å². The van der Waals surface area contributed by atoms with Gasteiger partial charge in [0.2, 0.25) is 6.29 Å². The molecule has 0 bridgehead atoms. The van der Waals surface area contributed by atoms with E-state index in [0.29, 0.717) is 22.4 Å². The molecule has 1 aromatic heterocycles. The van der Waals surface area contributed by atoms with Gasteiger partial charge in [0.05, 0.1) is 21.7 Å². The average molecular weight is 430 g/mol. The first-order valence-corrected chi connectivity index (χ1v) is 10.9. The van der Waals surface area contributed by atoms with E-state index < -0.39 is 16.4 Å². The lowest BCUT2D eigenvalue weighted by Crippen LogP contribution is -2.24. The molecule has 4 rings (SSSR count). The van der Waals surface area contributed by atoms with Crippen LogP contribution in [0.15, 0.2) is 35.2 Å². The van der Waals surface area contributed by atoms with Crippen molar-refractivity contribution < 1.29 is 22.8 Å². The van der Waals surface area contributed by atoms with Crippen LogP contribution >= 0.6 is 0 Å². The minimum Gasteiger partial charge on any atom is -0.460 e. The summed E-state index contributed by atoms with van der Waals surface area (Å²) in [5.74, 6) is 0.843. The lowest BCUT2D eigenvalue weighted by Gasteiger charge is -2.26. The summed E-state index contributed by atoms with van der Waals surface area (Å²) < 4.78 is 37.9. The van der Waals surface area contributed by atoms with Gasteiger partial charge in [0.15, 0.2) is 0 Å². The third-order valence-corrected chi connectivity index (χ3v) is 5.93. The number of ether oxygens (including phenoxy) is 1. The van der Waals surface area contributed by atoms with Crippen LogP contribution in [-0.4, -0.2) is 47.4 Å². The number of nitrogen functional groups attached to an aromatic ring is 1. The summed E-state index contributed by atoms with van der Waals surface area (Å²) in [7, 11) is -4.42. The van der Waals surface area contributed by atoms with Gasteiger partial charge in [-0.3, -0.25) is 4.55 Å². The van der Waals surface area contributed by atoms with Crippen LogP contribution in [-0.2, 0) is 10.1 Å². The molecule has 1 aliphatic rings. The summed E-state index contributed by atoms with van der Waals surface area (Å²) in [4.78, 5) is 9.16. The van der Waals surface area contributed by atoms with Crippen molar-refractivity contribution in [2.75, 3.05) is 23.7 Å². The van der Waals surface area contributed by atoms with E-state index in [1.165, 1.54) is 6.07 Å². The molecule has 9 nitrogen and oxygen atoms in total. The number of aromatic amines is 1. The fraction of sp³-hybridized carbons (Fsp3) is 0.250. The number of H-pyrrole nitrogens is 1. The van der Waals surface area contributed by atoms with E-state index in [4.69, 9.17) is 10.5 Å². The van der Waals surface area contributed by atoms with Crippen molar-refractivity contribution in [3.05, 3.63) is 41.7 Å². The number of aliphatic hydroxyl groups is 1. The van der Waals surface area contributed by atoms with Crippen molar-refractivity contribution in [1.82, 2.24) is 9.97 Å². The predicted octanol–water partition coefficient (Wildman–Crippen LogP) is 2.49. The highest BCUT2D eigenvalue weighted by Crippen LogP contribution is 2.36. The van der Waals surface area contributed by atoms with Crippen LogP contribution in [0.25, 0.3) is 22.7 Å². The van der Waals surface area contributed by atoms with E-state index in [2.05, 4.69) is 28.7 Å². The van der Waals surface area contributed by atoms with Crippen LogP contribution in [0.2, 0.25) is 0 Å². The number of aromatic nitrogens is 2. The number of fused-ring (bicyclic) bond motifs is 2. The molecular weight excluding hydrogens is 408 g/mol. The molecule has 10 heteroatoms. The van der Waals surface area contributed by atoms with E-state index in [1.54, 1.807) is 6.08 Å². The maximum atomic E-state index is 11.4. The molecule has 0 saturated carbocycles.